The molecule has 0 aliphatic rings. The second-order valence-corrected chi connectivity index (χ2v) is 6.51. The summed E-state index contributed by atoms with van der Waals surface area (Å²) >= 11 is 1.64. The predicted octanol–water partition coefficient (Wildman–Crippen LogP) is 2.47. The van der Waals surface area contributed by atoms with Crippen molar-refractivity contribution in [2.24, 2.45) is 11.5 Å². The van der Waals surface area contributed by atoms with Crippen LogP contribution in [0.1, 0.15) is 5.56 Å². The Morgan fingerprint density at radius 1 is 1.04 bits per heavy atom. The molecule has 0 aliphatic carbocycles. The first kappa shape index (κ1) is 18.6. The van der Waals surface area contributed by atoms with Gasteiger partial charge < -0.3 is 20.9 Å². The van der Waals surface area contributed by atoms with Crippen molar-refractivity contribution < 1.29 is 9.47 Å². The van der Waals surface area contributed by atoms with Crippen molar-refractivity contribution in [3.05, 3.63) is 60.2 Å². The van der Waals surface area contributed by atoms with Gasteiger partial charge in [-0.05, 0) is 24.7 Å². The molecule has 0 bridgehead atoms. The van der Waals surface area contributed by atoms with E-state index in [1.807, 2.05) is 54.4 Å². The molecule has 130 valence electrons. The molecule has 0 heterocycles. The van der Waals surface area contributed by atoms with E-state index in [0.29, 0.717) is 6.61 Å². The number of nitrogens with zero attached hydrogens (tertiary/aromatic N) is 1. The van der Waals surface area contributed by atoms with Crippen LogP contribution in [0.5, 0.6) is 11.5 Å². The number of nitrogens with two attached hydrogens (primary N) is 2. The second-order valence-electron chi connectivity index (χ2n) is 5.41. The first-order valence-electron chi connectivity index (χ1n) is 7.75. The van der Waals surface area contributed by atoms with Gasteiger partial charge in [0.15, 0.2) is 0 Å². The summed E-state index contributed by atoms with van der Waals surface area (Å²) in [5.41, 5.74) is 13.4. The summed E-state index contributed by atoms with van der Waals surface area (Å²) in [6, 6.07) is 17.7. The Kier molecular flexibility index (Phi) is 7.39. The van der Waals surface area contributed by atoms with Crippen molar-refractivity contribution in [2.45, 2.75) is 17.4 Å². The Morgan fingerprint density at radius 2 is 1.75 bits per heavy atom. The molecule has 2 aromatic rings. The molecule has 0 aliphatic heterocycles. The smallest absolute Gasteiger partial charge is 0.123 e. The first-order chi connectivity index (χ1) is 11.6. The molecule has 0 radical (unpaired) electrons. The molecule has 24 heavy (non-hydrogen) atoms. The maximum atomic E-state index is 6.21. The maximum absolute atomic E-state index is 6.21. The van der Waals surface area contributed by atoms with Crippen LogP contribution in [-0.2, 0) is 5.75 Å². The van der Waals surface area contributed by atoms with Gasteiger partial charge >= 0.3 is 0 Å². The fraction of sp³-hybridized carbons (Fsp3) is 0.333. The van der Waals surface area contributed by atoms with Crippen molar-refractivity contribution in [1.82, 2.24) is 4.90 Å². The quantitative estimate of drug-likeness (QED) is 0.679. The van der Waals surface area contributed by atoms with E-state index < -0.39 is 0 Å². The molecule has 0 spiro atoms. The minimum atomic E-state index is -0.297. The molecule has 2 aromatic carbocycles. The third kappa shape index (κ3) is 5.72. The van der Waals surface area contributed by atoms with E-state index in [2.05, 4.69) is 12.1 Å². The molecular formula is C18H25N3O2S. The Bertz CT molecular complexity index is 612. The highest BCUT2D eigenvalue weighted by Crippen LogP contribution is 2.20. The van der Waals surface area contributed by atoms with Gasteiger partial charge in [0.1, 0.15) is 23.6 Å². The van der Waals surface area contributed by atoms with E-state index in [0.717, 1.165) is 17.3 Å². The third-order valence-electron chi connectivity index (χ3n) is 3.65. The molecule has 5 nitrogen and oxygen atoms in total. The van der Waals surface area contributed by atoms with Crippen molar-refractivity contribution in [3.8, 4) is 11.5 Å². The van der Waals surface area contributed by atoms with Gasteiger partial charge in [0, 0.05) is 11.8 Å². The lowest BCUT2D eigenvalue weighted by atomic mass is 10.2. The summed E-state index contributed by atoms with van der Waals surface area (Å²) < 4.78 is 10.9. The number of rotatable bonds is 9. The van der Waals surface area contributed by atoms with Crippen molar-refractivity contribution in [2.75, 3.05) is 20.8 Å². The number of hydrogen-bond acceptors (Lipinski definition) is 6. The molecule has 0 fully saturated rings. The van der Waals surface area contributed by atoms with Crippen LogP contribution < -0.4 is 20.9 Å². The van der Waals surface area contributed by atoms with E-state index in [9.17, 15) is 0 Å². The molecule has 6 heteroatoms. The molecule has 2 rings (SSSR count). The summed E-state index contributed by atoms with van der Waals surface area (Å²) in [6.45, 7) is 0.350. The van der Waals surface area contributed by atoms with Gasteiger partial charge in [0.05, 0.1) is 13.3 Å². The van der Waals surface area contributed by atoms with Crippen LogP contribution in [0.4, 0.5) is 0 Å². The molecule has 0 amide bonds. The lowest BCUT2D eigenvalue weighted by molar-refractivity contribution is 0.156. The zero-order chi connectivity index (χ0) is 17.4. The van der Waals surface area contributed by atoms with E-state index in [1.54, 1.807) is 18.9 Å². The molecule has 2 unspecified atom stereocenters. The number of methoxy groups -OCH3 is 1. The highest BCUT2D eigenvalue weighted by atomic mass is 32.2. The minimum absolute atomic E-state index is 0.200. The van der Waals surface area contributed by atoms with Gasteiger partial charge in [-0.15, -0.1) is 11.8 Å². The molecule has 4 N–H and O–H groups in total. The third-order valence-corrected chi connectivity index (χ3v) is 4.82. The maximum Gasteiger partial charge on any atom is 0.123 e. The van der Waals surface area contributed by atoms with Crippen LogP contribution in [-0.4, -0.2) is 37.3 Å². The van der Waals surface area contributed by atoms with Gasteiger partial charge in [-0.3, -0.25) is 4.90 Å². The van der Waals surface area contributed by atoms with Gasteiger partial charge in [-0.25, -0.2) is 0 Å². The van der Waals surface area contributed by atoms with E-state index in [-0.39, 0.29) is 11.7 Å². The first-order valence-corrected chi connectivity index (χ1v) is 8.80. The molecule has 2 atom stereocenters. The zero-order valence-electron chi connectivity index (χ0n) is 14.1. The van der Waals surface area contributed by atoms with Crippen LogP contribution in [0.25, 0.3) is 0 Å². The fourth-order valence-corrected chi connectivity index (χ4v) is 3.00. The summed E-state index contributed by atoms with van der Waals surface area (Å²) in [5.74, 6) is 2.32. The van der Waals surface area contributed by atoms with Gasteiger partial charge in [0.2, 0.25) is 0 Å². The van der Waals surface area contributed by atoms with Crippen molar-refractivity contribution in [1.29, 1.82) is 0 Å². The second kappa shape index (κ2) is 9.54. The number of ether oxygens (including phenoxy) is 2. The standard InChI is InChI=1S/C18H25N3O2S/c1-21(18(20)24-13-14-7-4-3-5-8-14)17(19)12-23-16-10-6-9-15(11-16)22-2/h3-11,17-18H,12-13,19-20H2,1-2H3. The summed E-state index contributed by atoms with van der Waals surface area (Å²) in [5, 5.41) is 0. The largest absolute Gasteiger partial charge is 0.497 e. The number of hydrogen-bond donors (Lipinski definition) is 2. The van der Waals surface area contributed by atoms with Crippen LogP contribution in [0, 0.1) is 0 Å². The van der Waals surface area contributed by atoms with E-state index in [4.69, 9.17) is 20.9 Å². The topological polar surface area (TPSA) is 73.7 Å². The van der Waals surface area contributed by atoms with Crippen LogP contribution in [0.3, 0.4) is 0 Å². The van der Waals surface area contributed by atoms with Gasteiger partial charge in [0.25, 0.3) is 0 Å². The summed E-state index contributed by atoms with van der Waals surface area (Å²) in [4.78, 5) is 1.91. The van der Waals surface area contributed by atoms with Crippen LogP contribution >= 0.6 is 11.8 Å². The summed E-state index contributed by atoms with van der Waals surface area (Å²) in [6.07, 6.45) is -0.297. The van der Waals surface area contributed by atoms with E-state index >= 15 is 0 Å². The molecule has 0 aromatic heterocycles. The zero-order valence-corrected chi connectivity index (χ0v) is 14.9. The average Bonchev–Trinajstić information content (AvgIpc) is 2.64. The number of thioether (sulfide) groups is 1. The Labute approximate surface area is 147 Å². The fourth-order valence-electron chi connectivity index (χ4n) is 2.05. The van der Waals surface area contributed by atoms with Crippen molar-refractivity contribution in [3.63, 3.8) is 0 Å². The summed E-state index contributed by atoms with van der Waals surface area (Å²) in [7, 11) is 3.53. The van der Waals surface area contributed by atoms with Crippen molar-refractivity contribution >= 4 is 11.8 Å². The molecule has 0 saturated carbocycles. The van der Waals surface area contributed by atoms with Crippen LogP contribution in [0.15, 0.2) is 54.6 Å². The number of benzene rings is 2. The normalized spacial score (nSPS) is 13.5. The Morgan fingerprint density at radius 3 is 2.46 bits per heavy atom. The highest BCUT2D eigenvalue weighted by Gasteiger charge is 2.17. The van der Waals surface area contributed by atoms with Gasteiger partial charge in [-0.2, -0.15) is 0 Å². The molecule has 0 saturated heterocycles. The SMILES string of the molecule is COc1cccc(OCC(N)N(C)C(N)SCc2ccccc2)c1. The van der Waals surface area contributed by atoms with E-state index in [1.165, 1.54) is 5.56 Å². The monoisotopic (exact) mass is 347 g/mol. The Hall–Kier alpha value is -1.73. The highest BCUT2D eigenvalue weighted by molar-refractivity contribution is 7.99. The van der Waals surface area contributed by atoms with Gasteiger partial charge in [-0.1, -0.05) is 36.4 Å². The lowest BCUT2D eigenvalue weighted by Crippen LogP contribution is -2.51. The van der Waals surface area contributed by atoms with Crippen LogP contribution in [0.2, 0.25) is 0 Å². The predicted molar refractivity (Wildman–Crippen MR) is 99.9 cm³/mol. The molecular weight excluding hydrogens is 322 g/mol. The average molecular weight is 347 g/mol. The minimum Gasteiger partial charge on any atom is -0.497 e. The Balaban J connectivity index is 1.78. The number of likely N-dealkylation sites (N-methyl/N-ethyl adjacent to an activating group) is 1. The lowest BCUT2D eigenvalue weighted by Gasteiger charge is -2.29.